The summed E-state index contributed by atoms with van der Waals surface area (Å²) in [6, 6.07) is 15.4. The number of carbonyl (C=O) groups is 1. The Morgan fingerprint density at radius 2 is 1.82 bits per heavy atom. The van der Waals surface area contributed by atoms with Crippen LogP contribution in [0.3, 0.4) is 0 Å². The smallest absolute Gasteiger partial charge is 0.265 e. The van der Waals surface area contributed by atoms with E-state index in [0.717, 1.165) is 15.9 Å². The number of benzene rings is 2. The van der Waals surface area contributed by atoms with E-state index in [1.54, 1.807) is 42.8 Å². The largest absolute Gasteiger partial charge is 0.455 e. The third-order valence-electron chi connectivity index (χ3n) is 5.43. The topological polar surface area (TPSA) is 93.5 Å². The Hall–Kier alpha value is -3.21. The van der Waals surface area contributed by atoms with Gasteiger partial charge in [0, 0.05) is 25.5 Å². The minimum Gasteiger partial charge on any atom is -0.455 e. The predicted octanol–water partition coefficient (Wildman–Crippen LogP) is 5.02. The van der Waals surface area contributed by atoms with Crippen molar-refractivity contribution < 1.29 is 17.9 Å². The van der Waals surface area contributed by atoms with E-state index >= 15 is 0 Å². The third kappa shape index (κ3) is 4.56. The summed E-state index contributed by atoms with van der Waals surface area (Å²) >= 11 is 1.32. The Labute approximate surface area is 202 Å². The lowest BCUT2D eigenvalue weighted by molar-refractivity contribution is 0.103. The molecule has 0 bridgehead atoms. The average molecular weight is 499 g/mol. The van der Waals surface area contributed by atoms with E-state index < -0.39 is 10.0 Å². The van der Waals surface area contributed by atoms with Gasteiger partial charge in [0.25, 0.3) is 5.91 Å². The molecule has 4 rings (SSSR count). The molecular formula is C24H26N4O4S2. The Morgan fingerprint density at radius 3 is 2.47 bits per heavy atom. The highest BCUT2D eigenvalue weighted by atomic mass is 32.2. The number of nitrogens with one attached hydrogen (secondary N) is 1. The lowest BCUT2D eigenvalue weighted by Crippen LogP contribution is -2.30. The van der Waals surface area contributed by atoms with Gasteiger partial charge in [-0.15, -0.1) is 11.3 Å². The van der Waals surface area contributed by atoms with Crippen molar-refractivity contribution in [1.82, 2.24) is 14.1 Å². The molecule has 34 heavy (non-hydrogen) atoms. The van der Waals surface area contributed by atoms with E-state index in [1.807, 2.05) is 32.2 Å². The SMILES string of the molecule is CCN(CC)S(=O)(=O)c1ccc(Oc2ccccc2)c(NC(=O)c2cc3c(C)nn(C)c3s2)c1. The highest BCUT2D eigenvalue weighted by Crippen LogP contribution is 2.34. The maximum absolute atomic E-state index is 13.2. The number of ether oxygens (including phenoxy) is 1. The maximum atomic E-state index is 13.2. The molecule has 0 atom stereocenters. The molecule has 0 radical (unpaired) electrons. The van der Waals surface area contributed by atoms with Crippen molar-refractivity contribution in [2.75, 3.05) is 18.4 Å². The summed E-state index contributed by atoms with van der Waals surface area (Å²) in [6.45, 7) is 6.16. The van der Waals surface area contributed by atoms with Crippen molar-refractivity contribution in [1.29, 1.82) is 0 Å². The van der Waals surface area contributed by atoms with Gasteiger partial charge in [0.2, 0.25) is 10.0 Å². The molecule has 0 saturated heterocycles. The zero-order valence-electron chi connectivity index (χ0n) is 19.4. The molecular weight excluding hydrogens is 472 g/mol. The first-order valence-electron chi connectivity index (χ1n) is 10.9. The van der Waals surface area contributed by atoms with Crippen molar-refractivity contribution in [3.8, 4) is 11.5 Å². The predicted molar refractivity (Wildman–Crippen MR) is 134 cm³/mol. The average Bonchev–Trinajstić information content (AvgIpc) is 3.37. The number of hydrogen-bond donors (Lipinski definition) is 1. The highest BCUT2D eigenvalue weighted by Gasteiger charge is 2.24. The van der Waals surface area contributed by atoms with Gasteiger partial charge in [0.15, 0.2) is 5.75 Å². The number of para-hydroxylation sites is 1. The van der Waals surface area contributed by atoms with Crippen LogP contribution < -0.4 is 10.1 Å². The van der Waals surface area contributed by atoms with Crippen LogP contribution in [-0.4, -0.2) is 41.5 Å². The van der Waals surface area contributed by atoms with Crippen LogP contribution >= 0.6 is 11.3 Å². The van der Waals surface area contributed by atoms with Crippen LogP contribution in [0.1, 0.15) is 29.2 Å². The van der Waals surface area contributed by atoms with Crippen LogP contribution in [0.2, 0.25) is 0 Å². The quantitative estimate of drug-likeness (QED) is 0.368. The standard InChI is InChI=1S/C24H26N4O4S2/c1-5-28(6-2)34(30,31)18-12-13-21(32-17-10-8-7-9-11-17)20(14-18)25-23(29)22-15-19-16(3)26-27(4)24(19)33-22/h7-15H,5-6H2,1-4H3,(H,25,29). The number of carbonyl (C=O) groups excluding carboxylic acids is 1. The van der Waals surface area contributed by atoms with Gasteiger partial charge < -0.3 is 10.1 Å². The summed E-state index contributed by atoms with van der Waals surface area (Å²) in [5, 5.41) is 8.14. The molecule has 0 saturated carbocycles. The summed E-state index contributed by atoms with van der Waals surface area (Å²) in [6.07, 6.45) is 0. The number of rotatable bonds is 8. The van der Waals surface area contributed by atoms with Gasteiger partial charge in [-0.05, 0) is 43.3 Å². The van der Waals surface area contributed by atoms with Crippen molar-refractivity contribution in [3.05, 3.63) is 65.2 Å². The number of fused-ring (bicyclic) bond motifs is 1. The van der Waals surface area contributed by atoms with Crippen LogP contribution in [0.15, 0.2) is 59.5 Å². The Morgan fingerprint density at radius 1 is 1.12 bits per heavy atom. The minimum absolute atomic E-state index is 0.0864. The molecule has 1 N–H and O–H groups in total. The number of amides is 1. The molecule has 2 aromatic heterocycles. The lowest BCUT2D eigenvalue weighted by Gasteiger charge is -2.20. The number of hydrogen-bond acceptors (Lipinski definition) is 6. The fourth-order valence-corrected chi connectivity index (χ4v) is 6.19. The van der Waals surface area contributed by atoms with Crippen LogP contribution in [0.4, 0.5) is 5.69 Å². The molecule has 0 unspecified atom stereocenters. The van der Waals surface area contributed by atoms with Crippen molar-refractivity contribution in [2.24, 2.45) is 7.05 Å². The molecule has 10 heteroatoms. The molecule has 1 amide bonds. The van der Waals surface area contributed by atoms with E-state index in [1.165, 1.54) is 27.8 Å². The molecule has 0 fully saturated rings. The molecule has 8 nitrogen and oxygen atoms in total. The first kappa shape index (κ1) is 23.9. The number of sulfonamides is 1. The van der Waals surface area contributed by atoms with Crippen LogP contribution in [0.5, 0.6) is 11.5 Å². The Balaban J connectivity index is 1.73. The summed E-state index contributed by atoms with van der Waals surface area (Å²) in [4.78, 5) is 14.6. The zero-order valence-corrected chi connectivity index (χ0v) is 21.0. The van der Waals surface area contributed by atoms with Gasteiger partial charge in [0.05, 0.1) is 21.2 Å². The summed E-state index contributed by atoms with van der Waals surface area (Å²) < 4.78 is 35.3. The Bertz CT molecular complexity index is 1400. The maximum Gasteiger partial charge on any atom is 0.265 e. The second-order valence-corrected chi connectivity index (χ2v) is 10.6. The normalized spacial score (nSPS) is 11.8. The van der Waals surface area contributed by atoms with E-state index in [-0.39, 0.29) is 16.5 Å². The summed E-state index contributed by atoms with van der Waals surface area (Å²) in [7, 11) is -1.88. The van der Waals surface area contributed by atoms with E-state index in [9.17, 15) is 13.2 Å². The van der Waals surface area contributed by atoms with E-state index in [4.69, 9.17) is 4.74 Å². The van der Waals surface area contributed by atoms with Gasteiger partial charge in [0.1, 0.15) is 10.6 Å². The van der Waals surface area contributed by atoms with E-state index in [0.29, 0.717) is 29.5 Å². The van der Waals surface area contributed by atoms with Crippen molar-refractivity contribution in [3.63, 3.8) is 0 Å². The van der Waals surface area contributed by atoms with E-state index in [2.05, 4.69) is 10.4 Å². The second-order valence-electron chi connectivity index (χ2n) is 7.66. The van der Waals surface area contributed by atoms with Gasteiger partial charge in [-0.1, -0.05) is 32.0 Å². The summed E-state index contributed by atoms with van der Waals surface area (Å²) in [5.41, 5.74) is 1.11. The first-order chi connectivity index (χ1) is 16.2. The number of aromatic nitrogens is 2. The van der Waals surface area contributed by atoms with Gasteiger partial charge >= 0.3 is 0 Å². The third-order valence-corrected chi connectivity index (χ3v) is 8.68. The number of thiophene rings is 1. The first-order valence-corrected chi connectivity index (χ1v) is 13.1. The summed E-state index contributed by atoms with van der Waals surface area (Å²) in [5.74, 6) is 0.564. The van der Waals surface area contributed by atoms with Gasteiger partial charge in [-0.25, -0.2) is 8.42 Å². The molecule has 0 aliphatic rings. The number of aryl methyl sites for hydroxylation is 2. The lowest BCUT2D eigenvalue weighted by atomic mass is 10.2. The molecule has 0 aliphatic carbocycles. The molecule has 2 heterocycles. The molecule has 2 aromatic carbocycles. The number of anilines is 1. The van der Waals surface area contributed by atoms with Crippen molar-refractivity contribution >= 4 is 43.2 Å². The molecule has 0 spiro atoms. The Kier molecular flexibility index (Phi) is 6.74. The fraction of sp³-hybridized carbons (Fsp3) is 0.250. The highest BCUT2D eigenvalue weighted by molar-refractivity contribution is 7.89. The van der Waals surface area contributed by atoms with Crippen LogP contribution in [0.25, 0.3) is 10.2 Å². The molecule has 178 valence electrons. The van der Waals surface area contributed by atoms with Gasteiger partial charge in [-0.2, -0.15) is 9.40 Å². The molecule has 4 aromatic rings. The second kappa shape index (κ2) is 9.57. The fourth-order valence-electron chi connectivity index (χ4n) is 3.69. The number of nitrogens with zero attached hydrogens (tertiary/aromatic N) is 3. The monoisotopic (exact) mass is 498 g/mol. The molecule has 0 aliphatic heterocycles. The minimum atomic E-state index is -3.72. The zero-order chi connectivity index (χ0) is 24.5. The van der Waals surface area contributed by atoms with Crippen LogP contribution in [-0.2, 0) is 17.1 Å². The van der Waals surface area contributed by atoms with Gasteiger partial charge in [-0.3, -0.25) is 9.48 Å². The van der Waals surface area contributed by atoms with Crippen LogP contribution in [0, 0.1) is 6.92 Å². The van der Waals surface area contributed by atoms with Crippen molar-refractivity contribution in [2.45, 2.75) is 25.7 Å².